The number of nitrogens with zero attached hydrogens (tertiary/aromatic N) is 3. The van der Waals surface area contributed by atoms with Gasteiger partial charge in [0.15, 0.2) is 0 Å². The summed E-state index contributed by atoms with van der Waals surface area (Å²) in [5.41, 5.74) is 0.262. The maximum atomic E-state index is 12.3. The molecule has 1 amide bonds. The normalized spacial score (nSPS) is 16.5. The maximum Gasteiger partial charge on any atom is 0.410 e. The Hall–Kier alpha value is -3.07. The van der Waals surface area contributed by atoms with E-state index in [9.17, 15) is 24.6 Å². The SMILES string of the molecule is Cn1c(C(=O)O)c(C(C(=O)O)N2CCN(C(=O)OC(C)(C)C)CC2)c2ccccc21. The lowest BCUT2D eigenvalue weighted by molar-refractivity contribution is -0.144. The molecule has 0 saturated carbocycles. The van der Waals surface area contributed by atoms with Gasteiger partial charge in [-0.15, -0.1) is 0 Å². The Bertz CT molecular complexity index is 983. The molecule has 2 N–H and O–H groups in total. The predicted octanol–water partition coefficient (Wildman–Crippen LogP) is 2.55. The van der Waals surface area contributed by atoms with Gasteiger partial charge in [0.2, 0.25) is 0 Å². The fourth-order valence-electron chi connectivity index (χ4n) is 3.91. The highest BCUT2D eigenvalue weighted by Gasteiger charge is 2.37. The van der Waals surface area contributed by atoms with Gasteiger partial charge >= 0.3 is 18.0 Å². The van der Waals surface area contributed by atoms with Crippen molar-refractivity contribution in [3.8, 4) is 0 Å². The predicted molar refractivity (Wildman–Crippen MR) is 110 cm³/mol. The van der Waals surface area contributed by atoms with Crippen LogP contribution in [0.2, 0.25) is 0 Å². The first-order valence-corrected chi connectivity index (χ1v) is 9.76. The Morgan fingerprint density at radius 1 is 1.03 bits per heavy atom. The molecule has 9 heteroatoms. The van der Waals surface area contributed by atoms with Crippen LogP contribution in [0.25, 0.3) is 10.9 Å². The van der Waals surface area contributed by atoms with Crippen LogP contribution < -0.4 is 0 Å². The van der Waals surface area contributed by atoms with Crippen LogP contribution in [0.1, 0.15) is 42.9 Å². The molecule has 2 heterocycles. The standard InChI is InChI=1S/C21H27N3O6/c1-21(2,3)30-20(29)24-11-9-23(10-12-24)17(19(27)28)15-13-7-5-6-8-14(13)22(4)16(15)18(25)26/h5-8,17H,9-12H2,1-4H3,(H,25,26)(H,27,28). The number of aliphatic carboxylic acids is 1. The van der Waals surface area contributed by atoms with Gasteiger partial charge in [-0.3, -0.25) is 9.69 Å². The van der Waals surface area contributed by atoms with E-state index in [1.165, 1.54) is 4.57 Å². The number of carboxylic acids is 2. The molecule has 1 unspecified atom stereocenters. The van der Waals surface area contributed by atoms with Gasteiger partial charge in [0.25, 0.3) is 0 Å². The number of rotatable bonds is 4. The van der Waals surface area contributed by atoms with Crippen LogP contribution in [0.3, 0.4) is 0 Å². The number of benzene rings is 1. The summed E-state index contributed by atoms with van der Waals surface area (Å²) < 4.78 is 6.90. The number of aromatic carboxylic acids is 1. The van der Waals surface area contributed by atoms with E-state index in [1.54, 1.807) is 61.9 Å². The van der Waals surface area contributed by atoms with Crippen molar-refractivity contribution >= 4 is 28.9 Å². The van der Waals surface area contributed by atoms with Gasteiger partial charge in [-0.1, -0.05) is 18.2 Å². The summed E-state index contributed by atoms with van der Waals surface area (Å²) >= 11 is 0. The van der Waals surface area contributed by atoms with E-state index in [0.29, 0.717) is 37.1 Å². The molecule has 1 atom stereocenters. The van der Waals surface area contributed by atoms with E-state index in [4.69, 9.17) is 4.74 Å². The molecular formula is C21H27N3O6. The molecule has 1 aromatic carbocycles. The third-order valence-corrected chi connectivity index (χ3v) is 5.19. The Kier molecular flexibility index (Phi) is 5.76. The zero-order valence-electron chi connectivity index (χ0n) is 17.6. The number of carboxylic acid groups (broad SMARTS) is 2. The van der Waals surface area contributed by atoms with Gasteiger partial charge in [0, 0.05) is 49.7 Å². The monoisotopic (exact) mass is 417 g/mol. The second-order valence-electron chi connectivity index (χ2n) is 8.39. The van der Waals surface area contributed by atoms with Crippen molar-refractivity contribution in [3.63, 3.8) is 0 Å². The largest absolute Gasteiger partial charge is 0.480 e. The lowest BCUT2D eigenvalue weighted by Crippen LogP contribution is -2.52. The minimum Gasteiger partial charge on any atom is -0.480 e. The fraction of sp³-hybridized carbons (Fsp3) is 0.476. The summed E-state index contributed by atoms with van der Waals surface area (Å²) in [6.07, 6.45) is -0.439. The molecule has 0 aliphatic carbocycles. The summed E-state index contributed by atoms with van der Waals surface area (Å²) in [5, 5.41) is 20.4. The average molecular weight is 417 g/mol. The molecule has 0 radical (unpaired) electrons. The molecule has 30 heavy (non-hydrogen) atoms. The topological polar surface area (TPSA) is 112 Å². The molecule has 1 aliphatic rings. The Morgan fingerprint density at radius 2 is 1.63 bits per heavy atom. The number of amides is 1. The van der Waals surface area contributed by atoms with Crippen LogP contribution in [-0.2, 0) is 16.6 Å². The zero-order chi connectivity index (χ0) is 22.2. The number of aryl methyl sites for hydroxylation is 1. The number of piperazine rings is 1. The van der Waals surface area contributed by atoms with Gasteiger partial charge in [-0.25, -0.2) is 9.59 Å². The molecule has 1 aliphatic heterocycles. The van der Waals surface area contributed by atoms with E-state index in [2.05, 4.69) is 0 Å². The van der Waals surface area contributed by atoms with Crippen molar-refractivity contribution in [1.29, 1.82) is 0 Å². The Labute approximate surface area is 174 Å². The van der Waals surface area contributed by atoms with Crippen molar-refractivity contribution in [3.05, 3.63) is 35.5 Å². The van der Waals surface area contributed by atoms with Crippen molar-refractivity contribution in [2.45, 2.75) is 32.4 Å². The number of ether oxygens (including phenoxy) is 1. The number of fused-ring (bicyclic) bond motifs is 1. The molecule has 1 saturated heterocycles. The lowest BCUT2D eigenvalue weighted by atomic mass is 10.00. The van der Waals surface area contributed by atoms with Crippen LogP contribution in [0.15, 0.2) is 24.3 Å². The smallest absolute Gasteiger partial charge is 0.410 e. The minimum absolute atomic E-state index is 0.0434. The van der Waals surface area contributed by atoms with Crippen molar-refractivity contribution < 1.29 is 29.3 Å². The van der Waals surface area contributed by atoms with E-state index >= 15 is 0 Å². The molecule has 3 rings (SSSR count). The van der Waals surface area contributed by atoms with Crippen LogP contribution in [0, 0.1) is 0 Å². The van der Waals surface area contributed by atoms with Gasteiger partial charge in [0.05, 0.1) is 0 Å². The first-order chi connectivity index (χ1) is 14.0. The van der Waals surface area contributed by atoms with Gasteiger partial charge < -0.3 is 24.4 Å². The van der Waals surface area contributed by atoms with Crippen LogP contribution in [0.5, 0.6) is 0 Å². The highest BCUT2D eigenvalue weighted by molar-refractivity contribution is 6.01. The minimum atomic E-state index is -1.18. The van der Waals surface area contributed by atoms with Crippen LogP contribution >= 0.6 is 0 Å². The number of aromatic nitrogens is 1. The summed E-state index contributed by atoms with van der Waals surface area (Å²) in [5.74, 6) is -2.30. The van der Waals surface area contributed by atoms with Crippen LogP contribution in [0.4, 0.5) is 4.79 Å². The van der Waals surface area contributed by atoms with Crippen molar-refractivity contribution in [1.82, 2.24) is 14.4 Å². The van der Waals surface area contributed by atoms with E-state index in [1.807, 2.05) is 0 Å². The third kappa shape index (κ3) is 4.11. The maximum absolute atomic E-state index is 12.3. The summed E-state index contributed by atoms with van der Waals surface area (Å²) in [6, 6.07) is 5.92. The molecule has 9 nitrogen and oxygen atoms in total. The third-order valence-electron chi connectivity index (χ3n) is 5.19. The number of hydrogen-bond acceptors (Lipinski definition) is 5. The Morgan fingerprint density at radius 3 is 2.17 bits per heavy atom. The molecule has 1 aromatic heterocycles. The molecule has 1 fully saturated rings. The Balaban J connectivity index is 1.92. The molecular weight excluding hydrogens is 390 g/mol. The van der Waals surface area contributed by atoms with E-state index < -0.39 is 29.7 Å². The zero-order valence-corrected chi connectivity index (χ0v) is 17.6. The summed E-state index contributed by atoms with van der Waals surface area (Å²) in [7, 11) is 1.62. The molecule has 0 spiro atoms. The van der Waals surface area contributed by atoms with E-state index in [0.717, 1.165) is 0 Å². The quantitative estimate of drug-likeness (QED) is 0.786. The summed E-state index contributed by atoms with van der Waals surface area (Å²) in [4.78, 5) is 39.8. The molecule has 162 valence electrons. The van der Waals surface area contributed by atoms with Crippen molar-refractivity contribution in [2.24, 2.45) is 7.05 Å². The number of carbonyl (C=O) groups excluding carboxylic acids is 1. The fourth-order valence-corrected chi connectivity index (χ4v) is 3.91. The number of hydrogen-bond donors (Lipinski definition) is 2. The lowest BCUT2D eigenvalue weighted by Gasteiger charge is -2.38. The van der Waals surface area contributed by atoms with Crippen LogP contribution in [-0.4, -0.2) is 74.4 Å². The highest BCUT2D eigenvalue weighted by atomic mass is 16.6. The number of carbonyl (C=O) groups is 3. The average Bonchev–Trinajstić information content (AvgIpc) is 2.94. The van der Waals surface area contributed by atoms with Crippen molar-refractivity contribution in [2.75, 3.05) is 26.2 Å². The highest BCUT2D eigenvalue weighted by Crippen LogP contribution is 2.34. The molecule has 2 aromatic rings. The van der Waals surface area contributed by atoms with E-state index in [-0.39, 0.29) is 11.3 Å². The van der Waals surface area contributed by atoms with Gasteiger partial charge in [0.1, 0.15) is 17.3 Å². The summed E-state index contributed by atoms with van der Waals surface area (Å²) in [6.45, 7) is 6.54. The van der Waals surface area contributed by atoms with Gasteiger partial charge in [-0.2, -0.15) is 0 Å². The first-order valence-electron chi connectivity index (χ1n) is 9.76. The molecule has 0 bridgehead atoms. The second-order valence-corrected chi connectivity index (χ2v) is 8.39. The number of para-hydroxylation sites is 1. The second kappa shape index (κ2) is 7.98. The first kappa shape index (κ1) is 21.6. The van der Waals surface area contributed by atoms with Gasteiger partial charge in [-0.05, 0) is 26.8 Å².